The number of nitrogens with one attached hydrogen (secondary N) is 1. The highest BCUT2D eigenvalue weighted by molar-refractivity contribution is 5.86. The van der Waals surface area contributed by atoms with Crippen LogP contribution in [0.15, 0.2) is 52.0 Å². The van der Waals surface area contributed by atoms with Crippen molar-refractivity contribution in [2.75, 3.05) is 5.73 Å². The molecular weight excluding hydrogens is 254 g/mol. The molecule has 0 aliphatic carbocycles. The number of nitrogens with two attached hydrogens (primary N) is 1. The number of rotatable bonds is 2. The summed E-state index contributed by atoms with van der Waals surface area (Å²) in [6.45, 7) is 2.00. The van der Waals surface area contributed by atoms with Gasteiger partial charge in [-0.05, 0) is 12.5 Å². The predicted octanol–water partition coefficient (Wildman–Crippen LogP) is 2.59. The lowest BCUT2D eigenvalue weighted by Gasteiger charge is -2.02. The Morgan fingerprint density at radius 2 is 1.95 bits per heavy atom. The van der Waals surface area contributed by atoms with Crippen LogP contribution in [0.1, 0.15) is 5.56 Å². The van der Waals surface area contributed by atoms with Crippen LogP contribution in [0.4, 0.5) is 5.82 Å². The Labute approximate surface area is 115 Å². The molecular formula is C15H13N3O2. The lowest BCUT2D eigenvalue weighted by Crippen LogP contribution is -2.02. The Morgan fingerprint density at radius 1 is 1.20 bits per heavy atom. The van der Waals surface area contributed by atoms with E-state index in [2.05, 4.69) is 10.1 Å². The second kappa shape index (κ2) is 4.70. The zero-order valence-corrected chi connectivity index (χ0v) is 10.9. The molecule has 5 nitrogen and oxygen atoms in total. The van der Waals surface area contributed by atoms with Crippen molar-refractivity contribution in [3.05, 3.63) is 58.5 Å². The fourth-order valence-corrected chi connectivity index (χ4v) is 2.08. The van der Waals surface area contributed by atoms with Gasteiger partial charge in [-0.15, -0.1) is 0 Å². The average Bonchev–Trinajstić information content (AvgIpc) is 2.82. The number of benzene rings is 1. The zero-order valence-electron chi connectivity index (χ0n) is 10.9. The number of aryl methyl sites for hydroxylation is 1. The van der Waals surface area contributed by atoms with E-state index in [1.54, 1.807) is 12.4 Å². The van der Waals surface area contributed by atoms with Crippen molar-refractivity contribution in [3.8, 4) is 22.5 Å². The van der Waals surface area contributed by atoms with Gasteiger partial charge in [0, 0.05) is 18.5 Å². The smallest absolute Gasteiger partial charge is 0.192 e. The van der Waals surface area contributed by atoms with Crippen LogP contribution in [-0.2, 0) is 0 Å². The molecule has 0 amide bonds. The summed E-state index contributed by atoms with van der Waals surface area (Å²) in [6.07, 6.45) is 3.15. The molecule has 0 unspecified atom stereocenters. The van der Waals surface area contributed by atoms with Gasteiger partial charge in [-0.3, -0.25) is 4.79 Å². The summed E-state index contributed by atoms with van der Waals surface area (Å²) in [6, 6.07) is 9.24. The van der Waals surface area contributed by atoms with Crippen LogP contribution in [-0.4, -0.2) is 10.1 Å². The minimum Gasteiger partial charge on any atom is -0.380 e. The van der Waals surface area contributed by atoms with Crippen LogP contribution < -0.4 is 11.2 Å². The van der Waals surface area contributed by atoms with Gasteiger partial charge >= 0.3 is 0 Å². The number of hydrogen-bond acceptors (Lipinski definition) is 4. The highest BCUT2D eigenvalue weighted by atomic mass is 16.5. The number of H-pyrrole nitrogens is 1. The third kappa shape index (κ3) is 1.99. The van der Waals surface area contributed by atoms with E-state index in [9.17, 15) is 4.79 Å². The molecule has 3 aromatic rings. The molecule has 0 aliphatic heterocycles. The van der Waals surface area contributed by atoms with E-state index in [0.29, 0.717) is 16.9 Å². The van der Waals surface area contributed by atoms with Crippen LogP contribution in [0, 0.1) is 6.92 Å². The molecule has 5 heteroatoms. The van der Waals surface area contributed by atoms with E-state index in [0.717, 1.165) is 11.1 Å². The maximum Gasteiger partial charge on any atom is 0.192 e. The maximum atomic E-state index is 11.9. The molecule has 0 atom stereocenters. The normalized spacial score (nSPS) is 10.7. The van der Waals surface area contributed by atoms with E-state index in [1.807, 2.05) is 31.2 Å². The van der Waals surface area contributed by atoms with E-state index >= 15 is 0 Å². The first-order valence-electron chi connectivity index (χ1n) is 6.16. The summed E-state index contributed by atoms with van der Waals surface area (Å²) in [5.74, 6) is 0.653. The maximum absolute atomic E-state index is 11.9. The van der Waals surface area contributed by atoms with Crippen molar-refractivity contribution in [1.82, 2.24) is 10.1 Å². The second-order valence-electron chi connectivity index (χ2n) is 4.56. The topological polar surface area (TPSA) is 84.9 Å². The van der Waals surface area contributed by atoms with Crippen molar-refractivity contribution >= 4 is 5.82 Å². The molecule has 0 saturated carbocycles. The van der Waals surface area contributed by atoms with Gasteiger partial charge in [0.2, 0.25) is 0 Å². The van der Waals surface area contributed by atoms with Gasteiger partial charge in [0.1, 0.15) is 0 Å². The number of anilines is 1. The van der Waals surface area contributed by atoms with Gasteiger partial charge in [-0.25, -0.2) is 0 Å². The van der Waals surface area contributed by atoms with E-state index < -0.39 is 0 Å². The Bertz CT molecular complexity index is 800. The predicted molar refractivity (Wildman–Crippen MR) is 77.1 cm³/mol. The van der Waals surface area contributed by atoms with Crippen LogP contribution in [0.5, 0.6) is 0 Å². The number of nitrogen functional groups attached to an aromatic ring is 1. The molecule has 3 rings (SSSR count). The summed E-state index contributed by atoms with van der Waals surface area (Å²) >= 11 is 0. The lowest BCUT2D eigenvalue weighted by molar-refractivity contribution is 0.435. The summed E-state index contributed by atoms with van der Waals surface area (Å²) in [5.41, 5.74) is 8.80. The van der Waals surface area contributed by atoms with Crippen molar-refractivity contribution in [1.29, 1.82) is 0 Å². The van der Waals surface area contributed by atoms with Gasteiger partial charge in [-0.1, -0.05) is 35.0 Å². The Hall–Kier alpha value is -2.82. The first kappa shape index (κ1) is 12.2. The average molecular weight is 267 g/mol. The molecule has 2 aromatic heterocycles. The third-order valence-electron chi connectivity index (χ3n) is 3.13. The van der Waals surface area contributed by atoms with E-state index in [1.165, 1.54) is 6.07 Å². The van der Waals surface area contributed by atoms with Gasteiger partial charge in [-0.2, -0.15) is 0 Å². The minimum atomic E-state index is -0.145. The Kier molecular flexibility index (Phi) is 2.87. The molecule has 100 valence electrons. The van der Waals surface area contributed by atoms with Crippen LogP contribution in [0.2, 0.25) is 0 Å². The lowest BCUT2D eigenvalue weighted by atomic mass is 10.0. The molecule has 3 N–H and O–H groups in total. The molecule has 0 aliphatic rings. The van der Waals surface area contributed by atoms with Crippen LogP contribution in [0.3, 0.4) is 0 Å². The van der Waals surface area contributed by atoms with Crippen molar-refractivity contribution in [2.24, 2.45) is 0 Å². The van der Waals surface area contributed by atoms with E-state index in [-0.39, 0.29) is 11.2 Å². The highest BCUT2D eigenvalue weighted by Gasteiger charge is 2.19. The summed E-state index contributed by atoms with van der Waals surface area (Å²) in [7, 11) is 0. The molecule has 1 aromatic carbocycles. The minimum absolute atomic E-state index is 0.145. The van der Waals surface area contributed by atoms with Crippen LogP contribution >= 0.6 is 0 Å². The summed E-state index contributed by atoms with van der Waals surface area (Å²) in [4.78, 5) is 14.8. The largest absolute Gasteiger partial charge is 0.380 e. The fraction of sp³-hybridized carbons (Fsp3) is 0.0667. The van der Waals surface area contributed by atoms with Crippen LogP contribution in [0.25, 0.3) is 22.5 Å². The third-order valence-corrected chi connectivity index (χ3v) is 3.13. The molecule has 0 fully saturated rings. The number of aromatic amines is 1. The molecule has 0 spiro atoms. The quantitative estimate of drug-likeness (QED) is 0.747. The van der Waals surface area contributed by atoms with Crippen molar-refractivity contribution in [2.45, 2.75) is 6.92 Å². The van der Waals surface area contributed by atoms with Crippen molar-refractivity contribution in [3.63, 3.8) is 0 Å². The van der Waals surface area contributed by atoms with E-state index in [4.69, 9.17) is 10.3 Å². The number of aromatic nitrogens is 2. The molecule has 2 heterocycles. The Morgan fingerprint density at radius 3 is 2.65 bits per heavy atom. The number of nitrogens with zero attached hydrogens (tertiary/aromatic N) is 1. The highest BCUT2D eigenvalue weighted by Crippen LogP contribution is 2.34. The number of pyridine rings is 1. The van der Waals surface area contributed by atoms with Gasteiger partial charge in [0.05, 0.1) is 11.1 Å². The SMILES string of the molecule is Cc1ccc(-c2c(N)noc2-c2c[nH]ccc2=O)cc1. The monoisotopic (exact) mass is 267 g/mol. The standard InChI is InChI=1S/C15H13N3O2/c1-9-2-4-10(5-3-9)13-14(20-18-15(13)16)11-8-17-7-6-12(11)19/h2-8H,1H3,(H2,16,18)(H,17,19). The second-order valence-corrected chi connectivity index (χ2v) is 4.56. The molecule has 0 radical (unpaired) electrons. The zero-order chi connectivity index (χ0) is 14.1. The summed E-state index contributed by atoms with van der Waals surface area (Å²) < 4.78 is 5.25. The number of hydrogen-bond donors (Lipinski definition) is 2. The Balaban J connectivity index is 2.23. The molecule has 0 saturated heterocycles. The summed E-state index contributed by atoms with van der Waals surface area (Å²) in [5, 5.41) is 3.78. The van der Waals surface area contributed by atoms with Gasteiger partial charge in [0.15, 0.2) is 17.0 Å². The first-order valence-corrected chi connectivity index (χ1v) is 6.16. The van der Waals surface area contributed by atoms with Crippen molar-refractivity contribution < 1.29 is 4.52 Å². The fourth-order valence-electron chi connectivity index (χ4n) is 2.08. The molecule has 0 bridgehead atoms. The molecule has 20 heavy (non-hydrogen) atoms. The first-order chi connectivity index (χ1) is 9.66. The van der Waals surface area contributed by atoms with Gasteiger partial charge < -0.3 is 15.2 Å². The van der Waals surface area contributed by atoms with Gasteiger partial charge in [0.25, 0.3) is 0 Å².